The van der Waals surface area contributed by atoms with Crippen LogP contribution < -0.4 is 21.3 Å². The van der Waals surface area contributed by atoms with Gasteiger partial charge < -0.3 is 20.4 Å². The summed E-state index contributed by atoms with van der Waals surface area (Å²) in [5.74, 6) is 0.0158. The number of hydrogen-bond acceptors (Lipinski definition) is 5. The van der Waals surface area contributed by atoms with Crippen LogP contribution in [-0.2, 0) is 7.05 Å². The van der Waals surface area contributed by atoms with Crippen molar-refractivity contribution in [1.29, 1.82) is 0 Å². The molecule has 1 aromatic carbocycles. The van der Waals surface area contributed by atoms with Crippen LogP contribution in [0.25, 0.3) is 10.9 Å². The number of rotatable bonds is 4. The summed E-state index contributed by atoms with van der Waals surface area (Å²) in [6, 6.07) is 7.40. The molecule has 0 spiro atoms. The third kappa shape index (κ3) is 3.75. The van der Waals surface area contributed by atoms with Crippen molar-refractivity contribution in [2.24, 2.45) is 12.8 Å². The second kappa shape index (κ2) is 7.71. The molecule has 8 heteroatoms. The highest BCUT2D eigenvalue weighted by atomic mass is 16.5. The Bertz CT molecular complexity index is 1110. The Labute approximate surface area is 168 Å². The minimum absolute atomic E-state index is 0.219. The summed E-state index contributed by atoms with van der Waals surface area (Å²) in [5, 5.41) is 8.23. The van der Waals surface area contributed by atoms with Gasteiger partial charge in [0, 0.05) is 36.9 Å². The van der Waals surface area contributed by atoms with E-state index in [0.29, 0.717) is 17.4 Å². The van der Waals surface area contributed by atoms with Gasteiger partial charge in [0.1, 0.15) is 11.4 Å². The van der Waals surface area contributed by atoms with Crippen LogP contribution in [0.1, 0.15) is 42.1 Å². The molecular formula is C21H25N5O3. The molecule has 4 rings (SSSR count). The molecule has 8 nitrogen and oxygen atoms in total. The van der Waals surface area contributed by atoms with E-state index < -0.39 is 5.91 Å². The fraction of sp³-hybridized carbons (Fsp3) is 0.381. The van der Waals surface area contributed by atoms with E-state index in [9.17, 15) is 9.59 Å². The molecule has 3 aromatic rings. The number of fused-ring (bicyclic) bond motifs is 1. The van der Waals surface area contributed by atoms with Crippen LogP contribution in [0.3, 0.4) is 0 Å². The Morgan fingerprint density at radius 2 is 2.03 bits per heavy atom. The number of nitrogens with zero attached hydrogens (tertiary/aromatic N) is 3. The van der Waals surface area contributed by atoms with Crippen molar-refractivity contribution in [3.05, 3.63) is 52.6 Å². The number of nitrogens with one attached hydrogen (secondary N) is 1. The van der Waals surface area contributed by atoms with E-state index in [-0.39, 0.29) is 17.3 Å². The molecule has 1 aliphatic carbocycles. The van der Waals surface area contributed by atoms with E-state index in [1.54, 1.807) is 37.5 Å². The molecular weight excluding hydrogens is 370 g/mol. The van der Waals surface area contributed by atoms with Crippen LogP contribution in [0.5, 0.6) is 5.75 Å². The van der Waals surface area contributed by atoms with E-state index in [1.807, 2.05) is 10.9 Å². The average molecular weight is 395 g/mol. The number of carbonyl (C=O) groups is 1. The Balaban J connectivity index is 1.65. The minimum atomic E-state index is -0.400. The number of carbonyl (C=O) groups excluding carboxylic acids is 1. The van der Waals surface area contributed by atoms with Crippen LogP contribution in [-0.4, -0.2) is 33.4 Å². The maximum absolute atomic E-state index is 12.9. The van der Waals surface area contributed by atoms with Crippen LogP contribution in [0.4, 0.5) is 5.69 Å². The first-order chi connectivity index (χ1) is 14.0. The lowest BCUT2D eigenvalue weighted by Crippen LogP contribution is -2.27. The summed E-state index contributed by atoms with van der Waals surface area (Å²) in [4.78, 5) is 25.1. The standard InChI is InChI=1S/C21H25N5O3/c1-25-9-3-4-17(21(25)28)23-20(27)16-10-13-12-26(15-7-5-14(22)6-8-15)24-18(13)11-19(16)29-2/h3-4,9-12,14-15H,5-8,22H2,1-2H3,(H,23,27)/t14-,15-. The number of ether oxygens (including phenoxy) is 1. The highest BCUT2D eigenvalue weighted by molar-refractivity contribution is 6.08. The Kier molecular flexibility index (Phi) is 5.10. The lowest BCUT2D eigenvalue weighted by Gasteiger charge is -2.26. The predicted octanol–water partition coefficient (Wildman–Crippen LogP) is 2.44. The number of anilines is 1. The Morgan fingerprint density at radius 3 is 2.76 bits per heavy atom. The first kappa shape index (κ1) is 19.2. The number of pyridine rings is 1. The summed E-state index contributed by atoms with van der Waals surface area (Å²) in [5.41, 5.74) is 7.08. The van der Waals surface area contributed by atoms with E-state index in [2.05, 4.69) is 5.32 Å². The van der Waals surface area contributed by atoms with Crippen molar-refractivity contribution < 1.29 is 9.53 Å². The monoisotopic (exact) mass is 395 g/mol. The fourth-order valence-electron chi connectivity index (χ4n) is 3.85. The molecule has 0 bridgehead atoms. The second-order valence-electron chi connectivity index (χ2n) is 7.58. The number of benzene rings is 1. The molecule has 0 unspecified atom stereocenters. The van der Waals surface area contributed by atoms with Crippen LogP contribution >= 0.6 is 0 Å². The molecule has 0 saturated heterocycles. The van der Waals surface area contributed by atoms with Gasteiger partial charge in [-0.2, -0.15) is 5.10 Å². The number of nitrogens with two attached hydrogens (primary N) is 1. The number of amides is 1. The molecule has 1 fully saturated rings. The van der Waals surface area contributed by atoms with E-state index in [0.717, 1.165) is 36.6 Å². The Morgan fingerprint density at radius 1 is 1.28 bits per heavy atom. The summed E-state index contributed by atoms with van der Waals surface area (Å²) in [6.45, 7) is 0. The maximum atomic E-state index is 12.9. The molecule has 0 atom stereocenters. The molecule has 1 amide bonds. The molecule has 29 heavy (non-hydrogen) atoms. The first-order valence-electron chi connectivity index (χ1n) is 9.75. The quantitative estimate of drug-likeness (QED) is 0.706. The van der Waals surface area contributed by atoms with Gasteiger partial charge in [0.2, 0.25) is 0 Å². The van der Waals surface area contributed by atoms with Crippen LogP contribution in [0.2, 0.25) is 0 Å². The molecule has 0 aliphatic heterocycles. The summed E-state index contributed by atoms with van der Waals surface area (Å²) < 4.78 is 8.81. The summed E-state index contributed by atoms with van der Waals surface area (Å²) >= 11 is 0. The smallest absolute Gasteiger partial charge is 0.274 e. The largest absolute Gasteiger partial charge is 0.496 e. The second-order valence-corrected chi connectivity index (χ2v) is 7.58. The zero-order valence-electron chi connectivity index (χ0n) is 16.6. The minimum Gasteiger partial charge on any atom is -0.496 e. The maximum Gasteiger partial charge on any atom is 0.274 e. The normalized spacial score (nSPS) is 19.3. The molecule has 1 saturated carbocycles. The van der Waals surface area contributed by atoms with Gasteiger partial charge >= 0.3 is 0 Å². The van der Waals surface area contributed by atoms with E-state index in [1.165, 1.54) is 11.7 Å². The fourth-order valence-corrected chi connectivity index (χ4v) is 3.85. The van der Waals surface area contributed by atoms with Crippen molar-refractivity contribution in [1.82, 2.24) is 14.3 Å². The van der Waals surface area contributed by atoms with Crippen molar-refractivity contribution in [3.8, 4) is 5.75 Å². The third-order valence-electron chi connectivity index (χ3n) is 5.57. The van der Waals surface area contributed by atoms with Gasteiger partial charge in [-0.05, 0) is 43.9 Å². The van der Waals surface area contributed by atoms with Crippen molar-refractivity contribution >= 4 is 22.5 Å². The molecule has 1 aliphatic rings. The highest BCUT2D eigenvalue weighted by Crippen LogP contribution is 2.31. The number of aromatic nitrogens is 3. The van der Waals surface area contributed by atoms with Crippen LogP contribution in [0.15, 0.2) is 41.5 Å². The van der Waals surface area contributed by atoms with E-state index in [4.69, 9.17) is 15.6 Å². The zero-order valence-corrected chi connectivity index (χ0v) is 16.6. The van der Waals surface area contributed by atoms with Gasteiger partial charge in [-0.25, -0.2) is 0 Å². The van der Waals surface area contributed by atoms with Gasteiger partial charge in [-0.3, -0.25) is 14.3 Å². The average Bonchev–Trinajstić information content (AvgIpc) is 3.13. The molecule has 3 N–H and O–H groups in total. The number of hydrogen-bond donors (Lipinski definition) is 2. The number of methoxy groups -OCH3 is 1. The SMILES string of the molecule is COc1cc2nn([C@H]3CC[C@H](N)CC3)cc2cc1C(=O)Nc1cccn(C)c1=O. The van der Waals surface area contributed by atoms with E-state index >= 15 is 0 Å². The first-order valence-corrected chi connectivity index (χ1v) is 9.75. The molecule has 152 valence electrons. The molecule has 2 heterocycles. The van der Waals surface area contributed by atoms with Crippen molar-refractivity contribution in [2.45, 2.75) is 37.8 Å². The highest BCUT2D eigenvalue weighted by Gasteiger charge is 2.22. The topological polar surface area (TPSA) is 104 Å². The van der Waals surface area contributed by atoms with Crippen molar-refractivity contribution in [2.75, 3.05) is 12.4 Å². The van der Waals surface area contributed by atoms with Gasteiger partial charge in [-0.15, -0.1) is 0 Å². The third-order valence-corrected chi connectivity index (χ3v) is 5.57. The molecule has 0 radical (unpaired) electrons. The lowest BCUT2D eigenvalue weighted by atomic mass is 9.92. The van der Waals surface area contributed by atoms with Crippen molar-refractivity contribution in [3.63, 3.8) is 0 Å². The van der Waals surface area contributed by atoms with Gasteiger partial charge in [0.25, 0.3) is 11.5 Å². The van der Waals surface area contributed by atoms with Gasteiger partial charge in [0.05, 0.1) is 24.2 Å². The Hall–Kier alpha value is -3.13. The lowest BCUT2D eigenvalue weighted by molar-refractivity contribution is 0.102. The van der Waals surface area contributed by atoms with Crippen LogP contribution in [0, 0.1) is 0 Å². The summed E-state index contributed by atoms with van der Waals surface area (Å²) in [6.07, 6.45) is 7.58. The zero-order chi connectivity index (χ0) is 20.5. The summed E-state index contributed by atoms with van der Waals surface area (Å²) in [7, 11) is 3.15. The predicted molar refractivity (Wildman–Crippen MR) is 111 cm³/mol. The van der Waals surface area contributed by atoms with Gasteiger partial charge in [-0.1, -0.05) is 0 Å². The molecule has 2 aromatic heterocycles. The van der Waals surface area contributed by atoms with Gasteiger partial charge in [0.15, 0.2) is 0 Å². The number of aryl methyl sites for hydroxylation is 1.